The highest BCUT2D eigenvalue weighted by Crippen LogP contribution is 2.40. The molecule has 3 saturated heterocycles. The number of aliphatic hydroxyl groups is 1. The molecule has 0 aromatic carbocycles. The van der Waals surface area contributed by atoms with Crippen LogP contribution in [0.25, 0.3) is 0 Å². The van der Waals surface area contributed by atoms with Gasteiger partial charge in [0.2, 0.25) is 0 Å². The van der Waals surface area contributed by atoms with Gasteiger partial charge in [-0.1, -0.05) is 50.5 Å². The third-order valence-electron chi connectivity index (χ3n) is 4.92. The molecule has 0 aromatic heterocycles. The van der Waals surface area contributed by atoms with Crippen LogP contribution in [0, 0.1) is 5.92 Å². The Balaban J connectivity index is 1.76. The number of fused-ring (bicyclic) bond motifs is 2. The van der Waals surface area contributed by atoms with Crippen molar-refractivity contribution < 1.29 is 24.5 Å². The highest BCUT2D eigenvalue weighted by Gasteiger charge is 2.46. The first kappa shape index (κ1) is 20.1. The van der Waals surface area contributed by atoms with Gasteiger partial charge in [0.05, 0.1) is 18.3 Å². The average Bonchev–Trinajstić information content (AvgIpc) is 2.55. The first-order valence-corrected chi connectivity index (χ1v) is 9.64. The van der Waals surface area contributed by atoms with Crippen LogP contribution in [0.1, 0.15) is 64.7 Å². The van der Waals surface area contributed by atoms with Crippen molar-refractivity contribution >= 4 is 5.97 Å². The van der Waals surface area contributed by atoms with E-state index in [0.29, 0.717) is 6.42 Å². The summed E-state index contributed by atoms with van der Waals surface area (Å²) >= 11 is 0. The van der Waals surface area contributed by atoms with Crippen LogP contribution in [0.3, 0.4) is 0 Å². The Morgan fingerprint density at radius 3 is 2.76 bits per heavy atom. The zero-order valence-corrected chi connectivity index (χ0v) is 15.2. The zero-order valence-electron chi connectivity index (χ0n) is 15.2. The van der Waals surface area contributed by atoms with Crippen LogP contribution in [0.5, 0.6) is 0 Å². The molecule has 0 spiro atoms. The molecule has 5 heteroatoms. The number of carbonyl (C=O) groups is 1. The van der Waals surface area contributed by atoms with Crippen LogP contribution in [0.2, 0.25) is 0 Å². The van der Waals surface area contributed by atoms with Crippen molar-refractivity contribution in [2.45, 2.75) is 89.3 Å². The molecular formula is C20H32O5. The predicted octanol–water partition coefficient (Wildman–Crippen LogP) is 3.82. The van der Waals surface area contributed by atoms with Gasteiger partial charge < -0.3 is 19.7 Å². The molecule has 5 atom stereocenters. The first-order chi connectivity index (χ1) is 12.1. The third kappa shape index (κ3) is 6.92. The van der Waals surface area contributed by atoms with Crippen molar-refractivity contribution in [1.29, 1.82) is 0 Å². The van der Waals surface area contributed by atoms with E-state index in [0.717, 1.165) is 44.9 Å². The van der Waals surface area contributed by atoms with Crippen molar-refractivity contribution in [2.24, 2.45) is 5.92 Å². The molecule has 3 heterocycles. The fourth-order valence-electron chi connectivity index (χ4n) is 3.38. The van der Waals surface area contributed by atoms with Crippen LogP contribution in [0.4, 0.5) is 0 Å². The van der Waals surface area contributed by atoms with Gasteiger partial charge in [0.15, 0.2) is 6.29 Å². The molecule has 3 aliphatic heterocycles. The first-order valence-electron chi connectivity index (χ1n) is 9.64. The summed E-state index contributed by atoms with van der Waals surface area (Å²) in [5.41, 5.74) is 0. The van der Waals surface area contributed by atoms with Crippen molar-refractivity contribution in [3.05, 3.63) is 24.3 Å². The van der Waals surface area contributed by atoms with Gasteiger partial charge in [0.25, 0.3) is 0 Å². The standard InChI is InChI=1S/C20H32O5/c1-2-3-6-9-15(21)12-13-17-16(18-14-20(24-17)25-18)10-7-4-5-8-11-19(22)23/h4,7,12-13,15-18,20-21H,2-3,5-6,8-11,14H2,1H3,(H,22,23)/b7-4-,13-12+/t15-,16+,17+,18-,20+/m1/s1. The maximum Gasteiger partial charge on any atom is 0.303 e. The smallest absolute Gasteiger partial charge is 0.303 e. The van der Waals surface area contributed by atoms with Crippen molar-refractivity contribution in [1.82, 2.24) is 0 Å². The Kier molecular flexibility index (Phi) is 8.65. The second-order valence-corrected chi connectivity index (χ2v) is 7.05. The van der Waals surface area contributed by atoms with E-state index in [1.807, 2.05) is 18.2 Å². The van der Waals surface area contributed by atoms with Gasteiger partial charge in [-0.25, -0.2) is 0 Å². The normalized spacial score (nSPS) is 29.8. The minimum atomic E-state index is -0.745. The Bertz CT molecular complexity index is 453. The molecule has 0 unspecified atom stereocenters. The summed E-state index contributed by atoms with van der Waals surface area (Å²) in [5, 5.41) is 18.7. The number of unbranched alkanes of at least 4 members (excludes halogenated alkanes) is 3. The van der Waals surface area contributed by atoms with Gasteiger partial charge in [-0.2, -0.15) is 0 Å². The Morgan fingerprint density at radius 1 is 1.24 bits per heavy atom. The van der Waals surface area contributed by atoms with Crippen molar-refractivity contribution in [3.8, 4) is 0 Å². The van der Waals surface area contributed by atoms with E-state index in [1.165, 1.54) is 0 Å². The number of aliphatic hydroxyl groups excluding tert-OH is 1. The molecule has 0 saturated carbocycles. The number of hydrogen-bond donors (Lipinski definition) is 2. The van der Waals surface area contributed by atoms with E-state index in [9.17, 15) is 9.90 Å². The topological polar surface area (TPSA) is 76.0 Å². The highest BCUT2D eigenvalue weighted by molar-refractivity contribution is 5.66. The number of hydrogen-bond acceptors (Lipinski definition) is 4. The molecular weight excluding hydrogens is 320 g/mol. The molecule has 0 aliphatic carbocycles. The van der Waals surface area contributed by atoms with Gasteiger partial charge in [-0.05, 0) is 25.7 Å². The molecule has 142 valence electrons. The van der Waals surface area contributed by atoms with Gasteiger partial charge in [-0.15, -0.1) is 0 Å². The lowest BCUT2D eigenvalue weighted by atomic mass is 9.84. The van der Waals surface area contributed by atoms with E-state index in [2.05, 4.69) is 13.0 Å². The largest absolute Gasteiger partial charge is 0.481 e. The lowest BCUT2D eigenvalue weighted by Gasteiger charge is -2.49. The molecule has 0 aromatic rings. The number of aliphatic carboxylic acids is 1. The molecule has 5 nitrogen and oxygen atoms in total. The van der Waals surface area contributed by atoms with Crippen molar-refractivity contribution in [2.75, 3.05) is 0 Å². The minimum absolute atomic E-state index is 0.0120. The fraction of sp³-hybridized carbons (Fsp3) is 0.750. The summed E-state index contributed by atoms with van der Waals surface area (Å²) in [6, 6.07) is 0. The van der Waals surface area contributed by atoms with Gasteiger partial charge >= 0.3 is 5.97 Å². The van der Waals surface area contributed by atoms with E-state index >= 15 is 0 Å². The monoisotopic (exact) mass is 352 g/mol. The molecule has 25 heavy (non-hydrogen) atoms. The summed E-state index contributed by atoms with van der Waals surface area (Å²) in [7, 11) is 0. The number of rotatable bonds is 12. The van der Waals surface area contributed by atoms with E-state index in [1.54, 1.807) is 0 Å². The highest BCUT2D eigenvalue weighted by atomic mass is 16.7. The predicted molar refractivity (Wildman–Crippen MR) is 96.2 cm³/mol. The lowest BCUT2D eigenvalue weighted by molar-refractivity contribution is -0.337. The van der Waals surface area contributed by atoms with E-state index in [-0.39, 0.29) is 30.8 Å². The maximum absolute atomic E-state index is 10.5. The van der Waals surface area contributed by atoms with Crippen molar-refractivity contribution in [3.63, 3.8) is 0 Å². The number of carboxylic acids is 1. The quantitative estimate of drug-likeness (QED) is 0.412. The summed E-state index contributed by atoms with van der Waals surface area (Å²) in [5.74, 6) is -0.481. The van der Waals surface area contributed by atoms with Gasteiger partial charge in [0, 0.05) is 18.8 Å². The maximum atomic E-state index is 10.5. The van der Waals surface area contributed by atoms with E-state index < -0.39 is 12.1 Å². The molecule has 3 aliphatic rings. The van der Waals surface area contributed by atoms with Crippen LogP contribution >= 0.6 is 0 Å². The molecule has 0 amide bonds. The molecule has 0 radical (unpaired) electrons. The summed E-state index contributed by atoms with van der Waals surface area (Å²) < 4.78 is 11.6. The number of carboxylic acid groups (broad SMARTS) is 1. The Morgan fingerprint density at radius 2 is 2.04 bits per heavy atom. The van der Waals surface area contributed by atoms with Gasteiger partial charge in [-0.3, -0.25) is 4.79 Å². The number of allylic oxidation sites excluding steroid dienone is 2. The van der Waals surface area contributed by atoms with Crippen LogP contribution in [-0.4, -0.2) is 40.8 Å². The summed E-state index contributed by atoms with van der Waals surface area (Å²) in [6.07, 6.45) is 15.4. The summed E-state index contributed by atoms with van der Waals surface area (Å²) in [6.45, 7) is 2.16. The Labute approximate surface area is 150 Å². The lowest BCUT2D eigenvalue weighted by Crippen LogP contribution is -2.55. The van der Waals surface area contributed by atoms with E-state index in [4.69, 9.17) is 14.6 Å². The molecule has 2 bridgehead atoms. The minimum Gasteiger partial charge on any atom is -0.481 e. The zero-order chi connectivity index (χ0) is 18.1. The van der Waals surface area contributed by atoms with Gasteiger partial charge in [0.1, 0.15) is 0 Å². The molecule has 3 rings (SSSR count). The second kappa shape index (κ2) is 10.7. The fourth-order valence-corrected chi connectivity index (χ4v) is 3.38. The molecule has 3 fully saturated rings. The molecule has 2 N–H and O–H groups in total. The van der Waals surface area contributed by atoms with Crippen LogP contribution in [0.15, 0.2) is 24.3 Å². The SMILES string of the molecule is CCCCC[C@@H](O)/C=C/[C@@H]1O[C@@H]2C[C@@H](O2)[C@H]1C/C=C\CCCC(=O)O. The average molecular weight is 352 g/mol. The van der Waals surface area contributed by atoms with Crippen LogP contribution in [-0.2, 0) is 14.3 Å². The summed E-state index contributed by atoms with van der Waals surface area (Å²) in [4.78, 5) is 10.5. The Hall–Kier alpha value is -1.17. The second-order valence-electron chi connectivity index (χ2n) is 7.05. The number of ether oxygens (including phenoxy) is 2. The third-order valence-corrected chi connectivity index (χ3v) is 4.92. The van der Waals surface area contributed by atoms with Crippen LogP contribution < -0.4 is 0 Å².